The average Bonchev–Trinajstić information content (AvgIpc) is 3.16. The zero-order valence-corrected chi connectivity index (χ0v) is 15.5. The summed E-state index contributed by atoms with van der Waals surface area (Å²) in [6.45, 7) is 0.989. The van der Waals surface area contributed by atoms with Crippen molar-refractivity contribution in [2.24, 2.45) is 0 Å². The lowest BCUT2D eigenvalue weighted by atomic mass is 10.2. The third-order valence-corrected chi connectivity index (χ3v) is 4.18. The number of anilines is 1. The number of para-hydroxylation sites is 1. The third-order valence-electron chi connectivity index (χ3n) is 4.18. The number of benzene rings is 1. The largest absolute Gasteiger partial charge is 0.493 e. The van der Waals surface area contributed by atoms with Crippen molar-refractivity contribution in [3.63, 3.8) is 0 Å². The van der Waals surface area contributed by atoms with Crippen LogP contribution in [-0.2, 0) is 0 Å². The minimum Gasteiger partial charge on any atom is -0.493 e. The van der Waals surface area contributed by atoms with Crippen LogP contribution in [0.15, 0.2) is 30.6 Å². The highest BCUT2D eigenvalue weighted by Crippen LogP contribution is 2.35. The van der Waals surface area contributed by atoms with E-state index in [2.05, 4.69) is 15.3 Å². The van der Waals surface area contributed by atoms with Crippen molar-refractivity contribution in [2.45, 2.75) is 12.5 Å². The van der Waals surface area contributed by atoms with E-state index in [1.165, 1.54) is 26.6 Å². The predicted molar refractivity (Wildman–Crippen MR) is 97.8 cm³/mol. The second-order valence-corrected chi connectivity index (χ2v) is 5.82. The van der Waals surface area contributed by atoms with Gasteiger partial charge in [0.1, 0.15) is 6.10 Å². The number of rotatable bonds is 6. The molecule has 0 radical (unpaired) electrons. The van der Waals surface area contributed by atoms with Gasteiger partial charge in [0.05, 0.1) is 33.6 Å². The highest BCUT2D eigenvalue weighted by Gasteiger charge is 2.29. The van der Waals surface area contributed by atoms with Crippen LogP contribution in [0, 0.1) is 0 Å². The molecular formula is C18H22N4O5. The van der Waals surface area contributed by atoms with E-state index in [1.54, 1.807) is 30.2 Å². The second-order valence-electron chi connectivity index (χ2n) is 5.82. The Morgan fingerprint density at radius 3 is 2.59 bits per heavy atom. The molecule has 0 bridgehead atoms. The lowest BCUT2D eigenvalue weighted by Crippen LogP contribution is -2.34. The number of likely N-dealkylation sites (tertiary alicyclic amines) is 1. The van der Waals surface area contributed by atoms with E-state index in [0.717, 1.165) is 0 Å². The maximum atomic E-state index is 12.6. The minimum absolute atomic E-state index is 0.187. The van der Waals surface area contributed by atoms with Crippen molar-refractivity contribution in [3.05, 3.63) is 30.6 Å². The molecule has 27 heavy (non-hydrogen) atoms. The van der Waals surface area contributed by atoms with Crippen LogP contribution in [0.4, 0.5) is 10.5 Å². The van der Waals surface area contributed by atoms with Crippen LogP contribution in [0.5, 0.6) is 23.3 Å². The van der Waals surface area contributed by atoms with Crippen molar-refractivity contribution >= 4 is 11.7 Å². The molecule has 1 aliphatic rings. The van der Waals surface area contributed by atoms with E-state index < -0.39 is 0 Å². The normalized spacial score (nSPS) is 16.0. The molecule has 1 N–H and O–H groups in total. The summed E-state index contributed by atoms with van der Waals surface area (Å²) in [7, 11) is 4.58. The Balaban J connectivity index is 1.63. The van der Waals surface area contributed by atoms with Crippen LogP contribution in [0.2, 0.25) is 0 Å². The van der Waals surface area contributed by atoms with Crippen LogP contribution in [0.3, 0.4) is 0 Å². The molecule has 1 atom stereocenters. The molecule has 1 aliphatic heterocycles. The Hall–Kier alpha value is -3.23. The van der Waals surface area contributed by atoms with Gasteiger partial charge in [-0.3, -0.25) is 0 Å². The molecule has 1 saturated heterocycles. The van der Waals surface area contributed by atoms with Gasteiger partial charge in [-0.2, -0.15) is 0 Å². The SMILES string of the molecule is COc1cccc(NC(=O)N2CCC(Oc3nccnc3OC)C2)c1OC. The fraction of sp³-hybridized carbons (Fsp3) is 0.389. The van der Waals surface area contributed by atoms with E-state index in [-0.39, 0.29) is 12.1 Å². The summed E-state index contributed by atoms with van der Waals surface area (Å²) >= 11 is 0. The number of carbonyl (C=O) groups excluding carboxylic acids is 1. The zero-order valence-electron chi connectivity index (χ0n) is 15.5. The van der Waals surface area contributed by atoms with Gasteiger partial charge in [-0.25, -0.2) is 14.8 Å². The lowest BCUT2D eigenvalue weighted by molar-refractivity contribution is 0.182. The number of aromatic nitrogens is 2. The first kappa shape index (κ1) is 18.6. The molecule has 2 amide bonds. The molecule has 1 aromatic carbocycles. The Kier molecular flexibility index (Phi) is 5.80. The van der Waals surface area contributed by atoms with Crippen molar-refractivity contribution in [3.8, 4) is 23.3 Å². The van der Waals surface area contributed by atoms with Crippen molar-refractivity contribution < 1.29 is 23.7 Å². The van der Waals surface area contributed by atoms with Crippen LogP contribution in [-0.4, -0.2) is 61.4 Å². The topological polar surface area (TPSA) is 95.0 Å². The molecule has 1 fully saturated rings. The highest BCUT2D eigenvalue weighted by molar-refractivity contribution is 5.91. The number of hydrogen-bond acceptors (Lipinski definition) is 7. The number of hydrogen-bond donors (Lipinski definition) is 1. The summed E-state index contributed by atoms with van der Waals surface area (Å²) in [5.74, 6) is 1.67. The van der Waals surface area contributed by atoms with Crippen LogP contribution in [0.1, 0.15) is 6.42 Å². The molecule has 0 aliphatic carbocycles. The Labute approximate surface area is 157 Å². The Bertz CT molecular complexity index is 801. The molecule has 9 nitrogen and oxygen atoms in total. The Morgan fingerprint density at radius 1 is 1.11 bits per heavy atom. The third kappa shape index (κ3) is 4.13. The van der Waals surface area contributed by atoms with Crippen molar-refractivity contribution in [1.29, 1.82) is 0 Å². The summed E-state index contributed by atoms with van der Waals surface area (Å²) in [4.78, 5) is 22.5. The van der Waals surface area contributed by atoms with Gasteiger partial charge in [-0.15, -0.1) is 0 Å². The molecule has 2 heterocycles. The van der Waals surface area contributed by atoms with Crippen molar-refractivity contribution in [2.75, 3.05) is 39.7 Å². The van der Waals surface area contributed by atoms with Crippen LogP contribution in [0.25, 0.3) is 0 Å². The standard InChI is InChI=1S/C18H22N4O5/c1-24-14-6-4-5-13(15(14)25-2)21-18(23)22-10-7-12(11-22)27-17-16(26-3)19-8-9-20-17/h4-6,8-9,12H,7,10-11H2,1-3H3,(H,21,23). The number of methoxy groups -OCH3 is 3. The minimum atomic E-state index is -0.237. The van der Waals surface area contributed by atoms with Gasteiger partial charge in [0.2, 0.25) is 0 Å². The quantitative estimate of drug-likeness (QED) is 0.828. The van der Waals surface area contributed by atoms with Crippen molar-refractivity contribution in [1.82, 2.24) is 14.9 Å². The van der Waals surface area contributed by atoms with Crippen LogP contribution >= 0.6 is 0 Å². The molecule has 2 aromatic rings. The first-order valence-corrected chi connectivity index (χ1v) is 8.44. The monoisotopic (exact) mass is 374 g/mol. The fourth-order valence-electron chi connectivity index (χ4n) is 2.88. The number of amides is 2. The van der Waals surface area contributed by atoms with Gasteiger partial charge in [-0.1, -0.05) is 6.07 Å². The second kappa shape index (κ2) is 8.43. The molecule has 144 valence electrons. The summed E-state index contributed by atoms with van der Waals surface area (Å²) < 4.78 is 21.6. The van der Waals surface area contributed by atoms with Gasteiger partial charge in [0.25, 0.3) is 11.8 Å². The van der Waals surface area contributed by atoms with Gasteiger partial charge in [0.15, 0.2) is 11.5 Å². The van der Waals surface area contributed by atoms with Crippen LogP contribution < -0.4 is 24.3 Å². The number of nitrogens with zero attached hydrogens (tertiary/aromatic N) is 3. The number of ether oxygens (including phenoxy) is 4. The molecule has 1 unspecified atom stereocenters. The first-order chi connectivity index (χ1) is 13.2. The highest BCUT2D eigenvalue weighted by atomic mass is 16.5. The van der Waals surface area contributed by atoms with E-state index in [4.69, 9.17) is 18.9 Å². The number of nitrogens with one attached hydrogen (secondary N) is 1. The predicted octanol–water partition coefficient (Wildman–Crippen LogP) is 2.19. The molecule has 0 spiro atoms. The molecule has 0 saturated carbocycles. The maximum Gasteiger partial charge on any atom is 0.322 e. The molecule has 9 heteroatoms. The summed E-state index contributed by atoms with van der Waals surface area (Å²) in [6, 6.07) is 5.07. The first-order valence-electron chi connectivity index (χ1n) is 8.44. The summed E-state index contributed by atoms with van der Waals surface area (Å²) in [5.41, 5.74) is 0.543. The smallest absolute Gasteiger partial charge is 0.322 e. The molecule has 1 aromatic heterocycles. The van der Waals surface area contributed by atoms with E-state index in [9.17, 15) is 4.79 Å². The van der Waals surface area contributed by atoms with E-state index >= 15 is 0 Å². The summed E-state index contributed by atoms with van der Waals surface area (Å²) in [5, 5.41) is 2.86. The number of urea groups is 1. The Morgan fingerprint density at radius 2 is 1.89 bits per heavy atom. The van der Waals surface area contributed by atoms with Gasteiger partial charge >= 0.3 is 6.03 Å². The maximum absolute atomic E-state index is 12.6. The lowest BCUT2D eigenvalue weighted by Gasteiger charge is -2.19. The van der Waals surface area contributed by atoms with Gasteiger partial charge < -0.3 is 29.2 Å². The molecule has 3 rings (SSSR count). The van der Waals surface area contributed by atoms with Gasteiger partial charge in [0, 0.05) is 25.4 Å². The fourth-order valence-corrected chi connectivity index (χ4v) is 2.88. The average molecular weight is 374 g/mol. The van der Waals surface area contributed by atoms with E-state index in [1.807, 2.05) is 0 Å². The summed E-state index contributed by atoms with van der Waals surface area (Å²) in [6.07, 6.45) is 3.56. The number of carbonyl (C=O) groups is 1. The molecular weight excluding hydrogens is 352 g/mol. The van der Waals surface area contributed by atoms with Gasteiger partial charge in [-0.05, 0) is 12.1 Å². The zero-order chi connectivity index (χ0) is 19.2. The van der Waals surface area contributed by atoms with E-state index in [0.29, 0.717) is 48.5 Å².